The number of carbonyl (C=O) groups is 2. The van der Waals surface area contributed by atoms with Gasteiger partial charge >= 0.3 is 5.97 Å². The molecular formula is C22H24FNO4. The minimum atomic E-state index is -0.951. The third-order valence-electron chi connectivity index (χ3n) is 5.26. The number of methoxy groups -OCH3 is 1. The van der Waals surface area contributed by atoms with E-state index in [0.29, 0.717) is 24.3 Å². The summed E-state index contributed by atoms with van der Waals surface area (Å²) in [6, 6.07) is 12.8. The molecule has 0 aromatic heterocycles. The number of amides is 1. The van der Waals surface area contributed by atoms with E-state index >= 15 is 0 Å². The number of rotatable bonds is 6. The Morgan fingerprint density at radius 2 is 1.64 bits per heavy atom. The molecule has 28 heavy (non-hydrogen) atoms. The van der Waals surface area contributed by atoms with Crippen molar-refractivity contribution in [2.45, 2.75) is 44.1 Å². The molecule has 6 heteroatoms. The molecular weight excluding hydrogens is 361 g/mol. The minimum absolute atomic E-state index is 0.350. The molecule has 2 aromatic carbocycles. The van der Waals surface area contributed by atoms with Gasteiger partial charge in [0.25, 0.3) is 5.91 Å². The van der Waals surface area contributed by atoms with Gasteiger partial charge in [0.2, 0.25) is 0 Å². The van der Waals surface area contributed by atoms with Gasteiger partial charge in [0.05, 0.1) is 12.5 Å². The maximum atomic E-state index is 13.3. The Morgan fingerprint density at radius 3 is 2.21 bits per heavy atom. The Kier molecular flexibility index (Phi) is 5.97. The molecule has 1 atom stereocenters. The highest BCUT2D eigenvalue weighted by Crippen LogP contribution is 2.42. The Hall–Kier alpha value is -2.89. The van der Waals surface area contributed by atoms with E-state index < -0.39 is 23.4 Å². The van der Waals surface area contributed by atoms with Crippen LogP contribution < -0.4 is 10.1 Å². The largest absolute Gasteiger partial charge is 0.497 e. The topological polar surface area (TPSA) is 64.6 Å². The first kappa shape index (κ1) is 19.9. The summed E-state index contributed by atoms with van der Waals surface area (Å²) >= 11 is 0. The molecule has 1 aliphatic carbocycles. The van der Waals surface area contributed by atoms with Crippen molar-refractivity contribution < 1.29 is 23.5 Å². The number of hydrogen-bond donors (Lipinski definition) is 1. The van der Waals surface area contributed by atoms with Crippen molar-refractivity contribution in [1.82, 2.24) is 0 Å². The molecule has 1 N–H and O–H groups in total. The first-order valence-corrected chi connectivity index (χ1v) is 9.37. The van der Waals surface area contributed by atoms with Crippen molar-refractivity contribution in [3.8, 4) is 5.75 Å². The first-order chi connectivity index (χ1) is 13.4. The molecule has 5 nitrogen and oxygen atoms in total. The van der Waals surface area contributed by atoms with Gasteiger partial charge in [-0.3, -0.25) is 9.59 Å². The number of nitrogens with one attached hydrogen (secondary N) is 1. The van der Waals surface area contributed by atoms with Crippen LogP contribution >= 0.6 is 0 Å². The van der Waals surface area contributed by atoms with Crippen molar-refractivity contribution in [3.05, 3.63) is 59.9 Å². The Balaban J connectivity index is 1.68. The fraction of sp³-hybridized carbons (Fsp3) is 0.364. The molecule has 0 radical (unpaired) electrons. The molecule has 1 saturated carbocycles. The van der Waals surface area contributed by atoms with Gasteiger partial charge in [-0.15, -0.1) is 0 Å². The number of esters is 1. The third-order valence-corrected chi connectivity index (χ3v) is 5.26. The highest BCUT2D eigenvalue weighted by atomic mass is 19.1. The van der Waals surface area contributed by atoms with Crippen molar-refractivity contribution >= 4 is 17.6 Å². The second-order valence-electron chi connectivity index (χ2n) is 7.06. The van der Waals surface area contributed by atoms with E-state index in [1.807, 2.05) is 0 Å². The van der Waals surface area contributed by atoms with Crippen LogP contribution in [-0.2, 0) is 19.7 Å². The lowest BCUT2D eigenvalue weighted by Crippen LogP contribution is -2.39. The quantitative estimate of drug-likeness (QED) is 0.757. The molecule has 0 heterocycles. The molecule has 0 aliphatic heterocycles. The van der Waals surface area contributed by atoms with Crippen molar-refractivity contribution in [2.24, 2.45) is 0 Å². The van der Waals surface area contributed by atoms with Crippen LogP contribution in [-0.4, -0.2) is 25.1 Å². The average Bonchev–Trinajstić information content (AvgIpc) is 3.20. The van der Waals surface area contributed by atoms with Gasteiger partial charge < -0.3 is 14.8 Å². The summed E-state index contributed by atoms with van der Waals surface area (Å²) in [7, 11) is 1.56. The molecule has 2 aromatic rings. The monoisotopic (exact) mass is 385 g/mol. The summed E-state index contributed by atoms with van der Waals surface area (Å²) in [5.74, 6) is -0.516. The van der Waals surface area contributed by atoms with Gasteiger partial charge in [0, 0.05) is 5.69 Å². The summed E-state index contributed by atoms with van der Waals surface area (Å²) in [6.45, 7) is 1.55. The Bertz CT molecular complexity index is 827. The minimum Gasteiger partial charge on any atom is -0.497 e. The average molecular weight is 385 g/mol. The maximum Gasteiger partial charge on any atom is 0.317 e. The van der Waals surface area contributed by atoms with Crippen LogP contribution in [0.3, 0.4) is 0 Å². The summed E-state index contributed by atoms with van der Waals surface area (Å²) < 4.78 is 23.9. The van der Waals surface area contributed by atoms with E-state index in [4.69, 9.17) is 9.47 Å². The van der Waals surface area contributed by atoms with E-state index in [1.54, 1.807) is 50.4 Å². The lowest BCUT2D eigenvalue weighted by molar-refractivity contribution is -0.159. The van der Waals surface area contributed by atoms with E-state index in [-0.39, 0.29) is 5.82 Å². The fourth-order valence-corrected chi connectivity index (χ4v) is 3.60. The summed E-state index contributed by atoms with van der Waals surface area (Å²) in [4.78, 5) is 25.4. The van der Waals surface area contributed by atoms with Gasteiger partial charge in [-0.25, -0.2) is 4.39 Å². The van der Waals surface area contributed by atoms with Crippen LogP contribution in [0, 0.1) is 5.82 Å². The zero-order valence-corrected chi connectivity index (χ0v) is 16.0. The molecule has 3 rings (SSSR count). The molecule has 1 amide bonds. The summed E-state index contributed by atoms with van der Waals surface area (Å²) in [6.07, 6.45) is 2.08. The summed E-state index contributed by atoms with van der Waals surface area (Å²) in [5, 5.41) is 2.73. The third kappa shape index (κ3) is 4.16. The van der Waals surface area contributed by atoms with Crippen LogP contribution in [0.1, 0.15) is 38.2 Å². The predicted octanol–water partition coefficient (Wildman–Crippen LogP) is 4.22. The van der Waals surface area contributed by atoms with E-state index in [2.05, 4.69) is 5.32 Å². The van der Waals surface area contributed by atoms with Crippen molar-refractivity contribution in [3.63, 3.8) is 0 Å². The zero-order valence-electron chi connectivity index (χ0n) is 16.0. The lowest BCUT2D eigenvalue weighted by atomic mass is 9.79. The molecule has 1 aliphatic rings. The second-order valence-corrected chi connectivity index (χ2v) is 7.06. The Labute approximate surface area is 163 Å². The van der Waals surface area contributed by atoms with E-state index in [1.165, 1.54) is 12.1 Å². The van der Waals surface area contributed by atoms with Crippen LogP contribution in [0.15, 0.2) is 48.5 Å². The molecule has 0 saturated heterocycles. The molecule has 0 bridgehead atoms. The standard InChI is InChI=1S/C22H24FNO4/c1-15(20(25)24-18-9-11-19(27-2)12-10-18)28-21(26)22(13-3-4-14-22)16-5-7-17(23)8-6-16/h5-12,15H,3-4,13-14H2,1-2H3,(H,24,25)/t15-/m0/s1. The smallest absolute Gasteiger partial charge is 0.317 e. The highest BCUT2D eigenvalue weighted by molar-refractivity contribution is 5.96. The molecule has 0 unspecified atom stereocenters. The van der Waals surface area contributed by atoms with Gasteiger partial charge in [-0.2, -0.15) is 0 Å². The van der Waals surface area contributed by atoms with E-state index in [9.17, 15) is 14.0 Å². The molecule has 1 fully saturated rings. The first-order valence-electron chi connectivity index (χ1n) is 9.37. The normalized spacial score (nSPS) is 16.2. The number of hydrogen-bond acceptors (Lipinski definition) is 4. The number of halogens is 1. The second kappa shape index (κ2) is 8.42. The lowest BCUT2D eigenvalue weighted by Gasteiger charge is -2.28. The van der Waals surface area contributed by atoms with Gasteiger partial charge in [-0.1, -0.05) is 25.0 Å². The summed E-state index contributed by atoms with van der Waals surface area (Å²) in [5.41, 5.74) is 0.504. The zero-order chi connectivity index (χ0) is 20.1. The maximum absolute atomic E-state index is 13.3. The highest BCUT2D eigenvalue weighted by Gasteiger charge is 2.45. The fourth-order valence-electron chi connectivity index (χ4n) is 3.60. The predicted molar refractivity (Wildman–Crippen MR) is 104 cm³/mol. The van der Waals surface area contributed by atoms with Gasteiger partial charge in [-0.05, 0) is 61.7 Å². The molecule has 0 spiro atoms. The Morgan fingerprint density at radius 1 is 1.04 bits per heavy atom. The van der Waals surface area contributed by atoms with Gasteiger partial charge in [0.1, 0.15) is 11.6 Å². The number of anilines is 1. The molecule has 148 valence electrons. The van der Waals surface area contributed by atoms with Gasteiger partial charge in [0.15, 0.2) is 6.10 Å². The number of carbonyl (C=O) groups excluding carboxylic acids is 2. The van der Waals surface area contributed by atoms with Crippen LogP contribution in [0.2, 0.25) is 0 Å². The van der Waals surface area contributed by atoms with E-state index in [0.717, 1.165) is 18.4 Å². The SMILES string of the molecule is COc1ccc(NC(=O)[C@H](C)OC(=O)C2(c3ccc(F)cc3)CCCC2)cc1. The van der Waals surface area contributed by atoms with Crippen molar-refractivity contribution in [1.29, 1.82) is 0 Å². The van der Waals surface area contributed by atoms with Crippen LogP contribution in [0.5, 0.6) is 5.75 Å². The number of benzene rings is 2. The van der Waals surface area contributed by atoms with Crippen molar-refractivity contribution in [2.75, 3.05) is 12.4 Å². The van der Waals surface area contributed by atoms with Crippen LogP contribution in [0.4, 0.5) is 10.1 Å². The number of ether oxygens (including phenoxy) is 2. The van der Waals surface area contributed by atoms with Crippen LogP contribution in [0.25, 0.3) is 0 Å².